The van der Waals surface area contributed by atoms with Crippen LogP contribution in [0.15, 0.2) is 58.5 Å². The van der Waals surface area contributed by atoms with Crippen molar-refractivity contribution in [2.45, 2.75) is 25.6 Å². The van der Waals surface area contributed by atoms with Crippen LogP contribution in [0.25, 0.3) is 0 Å². The van der Waals surface area contributed by atoms with Gasteiger partial charge in [-0.25, -0.2) is 19.3 Å². The molecule has 1 aliphatic heterocycles. The fourth-order valence-electron chi connectivity index (χ4n) is 4.36. The Bertz CT molecular complexity index is 1470. The summed E-state index contributed by atoms with van der Waals surface area (Å²) < 4.78 is 46.4. The van der Waals surface area contributed by atoms with E-state index in [9.17, 15) is 33.1 Å². The van der Waals surface area contributed by atoms with E-state index in [1.54, 1.807) is 12.1 Å². The molecule has 0 radical (unpaired) electrons. The van der Waals surface area contributed by atoms with Crippen molar-refractivity contribution < 1.29 is 27.8 Å². The van der Waals surface area contributed by atoms with Crippen LogP contribution in [-0.4, -0.2) is 39.6 Å². The van der Waals surface area contributed by atoms with Crippen LogP contribution < -0.4 is 10.6 Å². The number of aliphatic hydroxyl groups is 1. The maximum Gasteiger partial charge on any atom is 0.416 e. The zero-order chi connectivity index (χ0) is 26.2. The molecule has 0 saturated carbocycles. The van der Waals surface area contributed by atoms with E-state index in [0.717, 1.165) is 23.8 Å². The standard InChI is InChI=1S/C24H20F3N5O4/c1-13-19(21(34)36-2)20(18-7-6-14(12-28)10-15(18)8-9-33)32-22(29-30-23(32)35)31(13)17-5-3-4-16(11-17)24(25,26)27/h3-7,10-11,20,33H,8-9H2,1-2H3,(H,30,35)/t20-/m1/s1. The number of hydrogen-bond acceptors (Lipinski definition) is 7. The van der Waals surface area contributed by atoms with Crippen molar-refractivity contribution in [3.8, 4) is 6.07 Å². The molecular weight excluding hydrogens is 479 g/mol. The molecule has 0 unspecified atom stereocenters. The van der Waals surface area contributed by atoms with Crippen LogP contribution in [0.1, 0.15) is 35.2 Å². The quantitative estimate of drug-likeness (QED) is 0.517. The van der Waals surface area contributed by atoms with E-state index in [2.05, 4.69) is 10.2 Å². The Morgan fingerprint density at radius 2 is 2.03 bits per heavy atom. The van der Waals surface area contributed by atoms with Crippen molar-refractivity contribution in [2.75, 3.05) is 18.6 Å². The number of methoxy groups -OCH3 is 1. The Labute approximate surface area is 202 Å². The molecule has 0 saturated heterocycles. The number of rotatable bonds is 5. The molecule has 1 aliphatic rings. The molecule has 2 heterocycles. The third-order valence-electron chi connectivity index (χ3n) is 5.93. The molecule has 0 amide bonds. The van der Waals surface area contributed by atoms with E-state index in [0.29, 0.717) is 16.7 Å². The monoisotopic (exact) mass is 499 g/mol. The van der Waals surface area contributed by atoms with Gasteiger partial charge < -0.3 is 9.84 Å². The number of fused-ring (bicyclic) bond motifs is 1. The van der Waals surface area contributed by atoms with Crippen LogP contribution in [0.5, 0.6) is 0 Å². The number of halogens is 3. The summed E-state index contributed by atoms with van der Waals surface area (Å²) in [4.78, 5) is 27.3. The van der Waals surface area contributed by atoms with E-state index >= 15 is 0 Å². The number of allylic oxidation sites excluding steroid dienone is 1. The summed E-state index contributed by atoms with van der Waals surface area (Å²) in [5, 5.41) is 25.3. The normalized spacial score (nSPS) is 15.5. The number of nitrogens with one attached hydrogen (secondary N) is 1. The van der Waals surface area contributed by atoms with Gasteiger partial charge in [-0.1, -0.05) is 12.1 Å². The summed E-state index contributed by atoms with van der Waals surface area (Å²) in [6, 6.07) is 9.94. The average molecular weight is 499 g/mol. The van der Waals surface area contributed by atoms with Crippen LogP contribution in [0.3, 0.4) is 0 Å². The summed E-state index contributed by atoms with van der Waals surface area (Å²) in [5.74, 6) is -0.860. The number of aromatic nitrogens is 3. The van der Waals surface area contributed by atoms with Crippen molar-refractivity contribution in [3.05, 3.63) is 86.5 Å². The van der Waals surface area contributed by atoms with Gasteiger partial charge in [0.15, 0.2) is 0 Å². The third kappa shape index (κ3) is 4.14. The summed E-state index contributed by atoms with van der Waals surface area (Å²) >= 11 is 0. The number of anilines is 2. The zero-order valence-electron chi connectivity index (χ0n) is 19.1. The molecule has 3 aromatic rings. The molecule has 9 nitrogen and oxygen atoms in total. The SMILES string of the molecule is COC(=O)C1=C(C)N(c2cccc(C(F)(F)F)c2)c2n[nH]c(=O)n2[C@@H]1c1ccc(C#N)cc1CCO. The predicted octanol–water partition coefficient (Wildman–Crippen LogP) is 3.18. The number of esters is 1. The lowest BCUT2D eigenvalue weighted by Gasteiger charge is -2.36. The second kappa shape index (κ2) is 9.35. The molecule has 0 aliphatic carbocycles. The molecule has 36 heavy (non-hydrogen) atoms. The summed E-state index contributed by atoms with van der Waals surface area (Å²) in [6.45, 7) is 1.24. The minimum Gasteiger partial charge on any atom is -0.466 e. The van der Waals surface area contributed by atoms with E-state index in [-0.39, 0.29) is 35.9 Å². The van der Waals surface area contributed by atoms with Crippen molar-refractivity contribution >= 4 is 17.6 Å². The molecule has 186 valence electrons. The Hall–Kier alpha value is -4.37. The maximum atomic E-state index is 13.4. The molecule has 0 spiro atoms. The maximum absolute atomic E-state index is 13.4. The lowest BCUT2D eigenvalue weighted by Crippen LogP contribution is -2.38. The number of alkyl halides is 3. The fourth-order valence-corrected chi connectivity index (χ4v) is 4.36. The first-order valence-corrected chi connectivity index (χ1v) is 10.7. The summed E-state index contributed by atoms with van der Waals surface area (Å²) in [6.07, 6.45) is -4.50. The van der Waals surface area contributed by atoms with Crippen molar-refractivity contribution in [2.24, 2.45) is 0 Å². The van der Waals surface area contributed by atoms with Gasteiger partial charge in [-0.05, 0) is 54.8 Å². The highest BCUT2D eigenvalue weighted by atomic mass is 19.4. The first-order chi connectivity index (χ1) is 17.1. The van der Waals surface area contributed by atoms with Crippen molar-refractivity contribution in [1.29, 1.82) is 5.26 Å². The van der Waals surface area contributed by atoms with Crippen LogP contribution >= 0.6 is 0 Å². The fraction of sp³-hybridized carbons (Fsp3) is 0.250. The third-order valence-corrected chi connectivity index (χ3v) is 5.93. The Balaban J connectivity index is 2.03. The molecule has 2 aromatic carbocycles. The smallest absolute Gasteiger partial charge is 0.416 e. The van der Waals surface area contributed by atoms with Gasteiger partial charge in [0.25, 0.3) is 0 Å². The van der Waals surface area contributed by atoms with Crippen LogP contribution in [-0.2, 0) is 22.1 Å². The van der Waals surface area contributed by atoms with Gasteiger partial charge in [-0.3, -0.25) is 4.90 Å². The number of H-pyrrole nitrogens is 1. The second-order valence-electron chi connectivity index (χ2n) is 7.97. The highest BCUT2D eigenvalue weighted by Crippen LogP contribution is 2.43. The number of aromatic amines is 1. The lowest BCUT2D eigenvalue weighted by molar-refractivity contribution is -0.138. The van der Waals surface area contributed by atoms with Gasteiger partial charge in [0.1, 0.15) is 6.04 Å². The topological polar surface area (TPSA) is 124 Å². The molecule has 0 bridgehead atoms. The molecule has 2 N–H and O–H groups in total. The van der Waals surface area contributed by atoms with Crippen LogP contribution in [0.2, 0.25) is 0 Å². The van der Waals surface area contributed by atoms with E-state index in [1.165, 1.54) is 30.0 Å². The van der Waals surface area contributed by atoms with Gasteiger partial charge >= 0.3 is 17.8 Å². The van der Waals surface area contributed by atoms with Gasteiger partial charge in [-0.2, -0.15) is 18.4 Å². The number of carbonyl (C=O) groups excluding carboxylic acids is 1. The minimum atomic E-state index is -4.62. The molecule has 12 heteroatoms. The minimum absolute atomic E-state index is 0.0187. The Kier molecular flexibility index (Phi) is 6.43. The van der Waals surface area contributed by atoms with Gasteiger partial charge in [0.2, 0.25) is 5.95 Å². The number of nitriles is 1. The highest BCUT2D eigenvalue weighted by Gasteiger charge is 2.40. The molecule has 1 atom stereocenters. The number of aliphatic hydroxyl groups excluding tert-OH is 1. The molecule has 0 fully saturated rings. The molecule has 1 aromatic heterocycles. The predicted molar refractivity (Wildman–Crippen MR) is 121 cm³/mol. The van der Waals surface area contributed by atoms with Gasteiger partial charge in [0.05, 0.1) is 29.9 Å². The van der Waals surface area contributed by atoms with Crippen LogP contribution in [0.4, 0.5) is 24.8 Å². The summed E-state index contributed by atoms with van der Waals surface area (Å²) in [5.41, 5.74) is -0.205. The second-order valence-corrected chi connectivity index (χ2v) is 7.97. The number of ether oxygens (including phenoxy) is 1. The van der Waals surface area contributed by atoms with Crippen LogP contribution in [0, 0.1) is 11.3 Å². The first-order valence-electron chi connectivity index (χ1n) is 10.7. The van der Waals surface area contributed by atoms with E-state index < -0.39 is 29.4 Å². The number of carbonyl (C=O) groups is 1. The van der Waals surface area contributed by atoms with Gasteiger partial charge in [-0.15, -0.1) is 5.10 Å². The Morgan fingerprint density at radius 1 is 1.28 bits per heavy atom. The molecular formula is C24H20F3N5O4. The van der Waals surface area contributed by atoms with Gasteiger partial charge in [0, 0.05) is 18.0 Å². The number of hydrogen-bond donors (Lipinski definition) is 2. The number of benzene rings is 2. The highest BCUT2D eigenvalue weighted by molar-refractivity contribution is 5.93. The van der Waals surface area contributed by atoms with E-state index in [4.69, 9.17) is 4.74 Å². The van der Waals surface area contributed by atoms with E-state index in [1.807, 2.05) is 6.07 Å². The lowest BCUT2D eigenvalue weighted by atomic mass is 9.89. The first kappa shape index (κ1) is 24.7. The summed E-state index contributed by atoms with van der Waals surface area (Å²) in [7, 11) is 1.15. The van der Waals surface area contributed by atoms with Crippen molar-refractivity contribution in [1.82, 2.24) is 14.8 Å². The number of nitrogens with zero attached hydrogens (tertiary/aromatic N) is 4. The Morgan fingerprint density at radius 3 is 2.67 bits per heavy atom. The largest absolute Gasteiger partial charge is 0.466 e. The average Bonchev–Trinajstić information content (AvgIpc) is 3.23. The zero-order valence-corrected chi connectivity index (χ0v) is 19.1. The van der Waals surface area contributed by atoms with Crippen molar-refractivity contribution in [3.63, 3.8) is 0 Å². The molecule has 4 rings (SSSR count).